The summed E-state index contributed by atoms with van der Waals surface area (Å²) in [7, 11) is 0. The van der Waals surface area contributed by atoms with Crippen LogP contribution in [0.2, 0.25) is 0 Å². The molecule has 0 fully saturated rings. The number of hydrogen-bond acceptors (Lipinski definition) is 4. The zero-order valence-corrected chi connectivity index (χ0v) is 29.6. The van der Waals surface area contributed by atoms with Crippen molar-refractivity contribution in [3.05, 3.63) is 88.8 Å². The van der Waals surface area contributed by atoms with Crippen molar-refractivity contribution in [1.29, 1.82) is 0 Å². The van der Waals surface area contributed by atoms with E-state index in [2.05, 4.69) is 64.1 Å². The predicted molar refractivity (Wildman–Crippen MR) is 179 cm³/mol. The van der Waals surface area contributed by atoms with Crippen LogP contribution in [0.3, 0.4) is 0 Å². The topological polar surface area (TPSA) is 63.3 Å². The molecule has 0 saturated heterocycles. The van der Waals surface area contributed by atoms with Crippen molar-refractivity contribution in [3.8, 4) is 11.3 Å². The Balaban J connectivity index is 0.000000239. The van der Waals surface area contributed by atoms with Gasteiger partial charge in [-0.3, -0.25) is 4.79 Å². The second-order valence-electron chi connectivity index (χ2n) is 12.5. The standard InChI is InChI=1S/C26H20NO.C13H24O2.Ir/c1-14-8-10-16-13-27-24-17-6-5-7-20-21(17)22-19(11-9-15(2)25(22)28-20)26(3,4)23(24)18(16)12-14;1-5-10(6-2)12(14)9-13(15)11(7-3)8-4;/h5,7-13H,1-4H3;9-11,14H,5-8H2,1-4H3;/q-1;;/b;12-9-;. The number of aromatic nitrogens is 1. The summed E-state index contributed by atoms with van der Waals surface area (Å²) < 4.78 is 6.31. The van der Waals surface area contributed by atoms with Gasteiger partial charge in [-0.1, -0.05) is 88.9 Å². The van der Waals surface area contributed by atoms with Gasteiger partial charge in [0.25, 0.3) is 0 Å². The van der Waals surface area contributed by atoms with Crippen molar-refractivity contribution < 1.29 is 34.4 Å². The molecule has 0 aliphatic heterocycles. The number of allylic oxidation sites excluding steroid dienone is 2. The smallest absolute Gasteiger partial charge is 0.162 e. The fourth-order valence-electron chi connectivity index (χ4n) is 6.76. The minimum atomic E-state index is -0.217. The monoisotopic (exact) mass is 767 g/mol. The Kier molecular flexibility index (Phi) is 10.2. The normalized spacial score (nSPS) is 13.6. The Morgan fingerprint density at radius 3 is 2.32 bits per heavy atom. The number of furan rings is 1. The molecule has 1 radical (unpaired) electrons. The van der Waals surface area contributed by atoms with E-state index in [-0.39, 0.29) is 48.9 Å². The fourth-order valence-corrected chi connectivity index (χ4v) is 6.76. The zero-order valence-electron chi connectivity index (χ0n) is 27.2. The molecular weight excluding hydrogens is 723 g/mol. The maximum Gasteiger partial charge on any atom is 0.162 e. The molecule has 0 unspecified atom stereocenters. The van der Waals surface area contributed by atoms with Gasteiger partial charge < -0.3 is 14.5 Å². The van der Waals surface area contributed by atoms with Crippen LogP contribution in [0.4, 0.5) is 0 Å². The summed E-state index contributed by atoms with van der Waals surface area (Å²) in [5, 5.41) is 14.6. The first kappa shape index (κ1) is 33.6. The summed E-state index contributed by atoms with van der Waals surface area (Å²) in [6.07, 6.45) is 6.90. The Hall–Kier alpha value is -3.27. The van der Waals surface area contributed by atoms with Crippen molar-refractivity contribution in [2.75, 3.05) is 0 Å². The quantitative estimate of drug-likeness (QED) is 0.102. The fraction of sp³-hybridized carbons (Fsp3) is 0.385. The van der Waals surface area contributed by atoms with E-state index in [1.807, 2.05) is 46.0 Å². The molecule has 1 aliphatic carbocycles. The van der Waals surface area contributed by atoms with Crippen LogP contribution >= 0.6 is 0 Å². The average Bonchev–Trinajstić information content (AvgIpc) is 3.35. The molecule has 1 N–H and O–H groups in total. The van der Waals surface area contributed by atoms with E-state index < -0.39 is 0 Å². The van der Waals surface area contributed by atoms with Crippen LogP contribution in [0.25, 0.3) is 44.0 Å². The predicted octanol–water partition coefficient (Wildman–Crippen LogP) is 10.7. The minimum Gasteiger partial charge on any atom is -0.512 e. The van der Waals surface area contributed by atoms with Gasteiger partial charge in [0.15, 0.2) is 5.78 Å². The second-order valence-corrected chi connectivity index (χ2v) is 12.5. The van der Waals surface area contributed by atoms with E-state index in [9.17, 15) is 9.90 Å². The molecule has 5 aromatic rings. The zero-order chi connectivity index (χ0) is 31.1. The first-order valence-corrected chi connectivity index (χ1v) is 15.8. The van der Waals surface area contributed by atoms with E-state index in [1.165, 1.54) is 38.9 Å². The number of rotatable bonds is 7. The van der Waals surface area contributed by atoms with Crippen LogP contribution in [0, 0.1) is 31.7 Å². The van der Waals surface area contributed by atoms with E-state index in [4.69, 9.17) is 9.40 Å². The minimum absolute atomic E-state index is 0. The SMILES string of the molecule is CCC(CC)C(=O)/C=C(\O)C(CC)CC.Cc1ccc2cnc3c(c2c1)C(C)(C)c1ccc(C)c2oc4cc[c-]c-3c4c12.[Ir]. The van der Waals surface area contributed by atoms with Gasteiger partial charge in [-0.25, -0.2) is 0 Å². The maximum absolute atomic E-state index is 11.7. The van der Waals surface area contributed by atoms with Gasteiger partial charge in [0.2, 0.25) is 0 Å². The summed E-state index contributed by atoms with van der Waals surface area (Å²) in [4.78, 5) is 16.7. The number of aryl methyl sites for hydroxylation is 2. The average molecular weight is 767 g/mol. The number of aliphatic hydroxyl groups is 1. The molecule has 0 saturated carbocycles. The van der Waals surface area contributed by atoms with Crippen LogP contribution in [0.1, 0.15) is 89.5 Å². The molecule has 0 amide bonds. The molecule has 2 aromatic heterocycles. The number of carbonyl (C=O) groups excluding carboxylic acids is 1. The third-order valence-corrected chi connectivity index (χ3v) is 9.44. The second kappa shape index (κ2) is 13.4. The number of ketones is 1. The molecule has 0 atom stereocenters. The van der Waals surface area contributed by atoms with Crippen molar-refractivity contribution in [2.45, 2.75) is 86.5 Å². The van der Waals surface area contributed by atoms with Crippen LogP contribution in [-0.2, 0) is 30.3 Å². The summed E-state index contributed by atoms with van der Waals surface area (Å²) in [6.45, 7) is 17.0. The van der Waals surface area contributed by atoms with Gasteiger partial charge in [-0.15, -0.1) is 17.7 Å². The number of benzene rings is 3. The first-order chi connectivity index (χ1) is 20.6. The van der Waals surface area contributed by atoms with E-state index in [1.54, 1.807) is 0 Å². The van der Waals surface area contributed by atoms with E-state index in [0.29, 0.717) is 0 Å². The van der Waals surface area contributed by atoms with Gasteiger partial charge >= 0.3 is 0 Å². The number of nitrogens with zero attached hydrogens (tertiary/aromatic N) is 1. The van der Waals surface area contributed by atoms with Crippen molar-refractivity contribution in [2.24, 2.45) is 11.8 Å². The Bertz CT molecular complexity index is 1850. The Morgan fingerprint density at radius 2 is 1.66 bits per heavy atom. The third-order valence-electron chi connectivity index (χ3n) is 9.44. The largest absolute Gasteiger partial charge is 0.512 e. The number of pyridine rings is 1. The molecule has 4 nitrogen and oxygen atoms in total. The maximum atomic E-state index is 11.7. The Morgan fingerprint density at radius 1 is 0.977 bits per heavy atom. The van der Waals surface area contributed by atoms with Crippen LogP contribution < -0.4 is 0 Å². The van der Waals surface area contributed by atoms with E-state index in [0.717, 1.165) is 59.1 Å². The first-order valence-electron chi connectivity index (χ1n) is 15.8. The summed E-state index contributed by atoms with van der Waals surface area (Å²) in [5.41, 5.74) is 8.74. The third kappa shape index (κ3) is 5.77. The number of hydrogen-bond donors (Lipinski definition) is 1. The summed E-state index contributed by atoms with van der Waals surface area (Å²) >= 11 is 0. The molecule has 0 bridgehead atoms. The van der Waals surface area contributed by atoms with Gasteiger partial charge in [-0.05, 0) is 78.1 Å². The summed E-state index contributed by atoms with van der Waals surface area (Å²) in [5.74, 6) is 0.547. The molecule has 0 spiro atoms. The van der Waals surface area contributed by atoms with Crippen molar-refractivity contribution in [1.82, 2.24) is 4.98 Å². The molecule has 44 heavy (non-hydrogen) atoms. The van der Waals surface area contributed by atoms with Crippen LogP contribution in [0.5, 0.6) is 0 Å². The number of carbonyl (C=O) groups is 1. The molecule has 3 aromatic carbocycles. The molecule has 2 heterocycles. The van der Waals surface area contributed by atoms with Crippen LogP contribution in [0.15, 0.2) is 64.9 Å². The Labute approximate surface area is 275 Å². The molecule has 1 aliphatic rings. The van der Waals surface area contributed by atoms with Crippen molar-refractivity contribution in [3.63, 3.8) is 0 Å². The van der Waals surface area contributed by atoms with Gasteiger partial charge in [0.05, 0.1) is 11.3 Å². The van der Waals surface area contributed by atoms with Crippen LogP contribution in [-0.4, -0.2) is 15.9 Å². The molecule has 233 valence electrons. The molecule has 6 rings (SSSR count). The van der Waals surface area contributed by atoms with Gasteiger partial charge in [0.1, 0.15) is 5.58 Å². The summed E-state index contributed by atoms with van der Waals surface area (Å²) in [6, 6.07) is 18.6. The molecule has 5 heteroatoms. The van der Waals surface area contributed by atoms with Gasteiger partial charge in [-0.2, -0.15) is 0 Å². The van der Waals surface area contributed by atoms with Gasteiger partial charge in [0, 0.05) is 49.6 Å². The number of aliphatic hydroxyl groups excluding tert-OH is 1. The number of fused-ring (bicyclic) bond motifs is 4. The van der Waals surface area contributed by atoms with E-state index >= 15 is 0 Å². The molecular formula is C39H44IrNO3-. The van der Waals surface area contributed by atoms with Crippen molar-refractivity contribution >= 4 is 38.5 Å².